The van der Waals surface area contributed by atoms with Crippen LogP contribution in [0.3, 0.4) is 0 Å². The lowest BCUT2D eigenvalue weighted by atomic mass is 9.59. The minimum atomic E-state index is 0.128. The first-order chi connectivity index (χ1) is 14.4. The molecule has 1 aliphatic carbocycles. The Morgan fingerprint density at radius 1 is 1.10 bits per heavy atom. The fourth-order valence-electron chi connectivity index (χ4n) is 5.41. The average Bonchev–Trinajstić information content (AvgIpc) is 2.75. The van der Waals surface area contributed by atoms with Crippen molar-refractivity contribution in [2.24, 2.45) is 5.92 Å². The van der Waals surface area contributed by atoms with Crippen molar-refractivity contribution < 1.29 is 19.0 Å². The zero-order valence-corrected chi connectivity index (χ0v) is 18.5. The van der Waals surface area contributed by atoms with E-state index >= 15 is 0 Å². The van der Waals surface area contributed by atoms with Gasteiger partial charge < -0.3 is 19.1 Å². The van der Waals surface area contributed by atoms with Gasteiger partial charge in [-0.25, -0.2) is 0 Å². The van der Waals surface area contributed by atoms with Crippen molar-refractivity contribution in [2.45, 2.75) is 44.6 Å². The summed E-state index contributed by atoms with van der Waals surface area (Å²) in [6.07, 6.45) is 2.23. The third-order valence-electron chi connectivity index (χ3n) is 7.32. The second-order valence-electron chi connectivity index (χ2n) is 8.68. The zero-order valence-electron chi connectivity index (χ0n) is 18.5. The number of hydrogen-bond donors (Lipinski definition) is 0. The number of likely N-dealkylation sites (tertiary alicyclic amines) is 1. The molecule has 2 aromatic rings. The van der Waals surface area contributed by atoms with Gasteiger partial charge in [-0.1, -0.05) is 38.1 Å². The molecule has 4 rings (SSSR count). The number of carbonyl (C=O) groups excluding carboxylic acids is 1. The summed E-state index contributed by atoms with van der Waals surface area (Å²) in [6.45, 7) is 5.46. The highest BCUT2D eigenvalue weighted by atomic mass is 16.5. The Balaban J connectivity index is 1.60. The predicted octanol–water partition coefficient (Wildman–Crippen LogP) is 4.01. The maximum absolute atomic E-state index is 13.4. The number of piperidine rings is 1. The van der Waals surface area contributed by atoms with E-state index in [4.69, 9.17) is 14.2 Å². The van der Waals surface area contributed by atoms with Crippen LogP contribution in [-0.2, 0) is 23.1 Å². The summed E-state index contributed by atoms with van der Waals surface area (Å²) in [6, 6.07) is 12.7. The SMILES string of the molecule is COc1cc(CC(=O)N2CC[C@@]3(C)c4ccccc4CC2[C@@H]3C)cc(OC)c1OC. The van der Waals surface area contributed by atoms with Crippen molar-refractivity contribution >= 4 is 5.91 Å². The molecule has 160 valence electrons. The molecule has 2 bridgehead atoms. The van der Waals surface area contributed by atoms with Crippen molar-refractivity contribution in [3.8, 4) is 17.2 Å². The molecular formula is C25H31NO4. The highest BCUT2D eigenvalue weighted by molar-refractivity contribution is 5.80. The summed E-state index contributed by atoms with van der Waals surface area (Å²) in [5.74, 6) is 2.27. The number of rotatable bonds is 5. The lowest BCUT2D eigenvalue weighted by molar-refractivity contribution is -0.137. The summed E-state index contributed by atoms with van der Waals surface area (Å²) in [7, 11) is 4.77. The number of nitrogens with zero attached hydrogens (tertiary/aromatic N) is 1. The molecule has 1 heterocycles. The summed E-state index contributed by atoms with van der Waals surface area (Å²) in [4.78, 5) is 15.5. The smallest absolute Gasteiger partial charge is 0.227 e. The molecule has 0 aromatic heterocycles. The number of hydrogen-bond acceptors (Lipinski definition) is 4. The van der Waals surface area contributed by atoms with Gasteiger partial charge in [0.2, 0.25) is 11.7 Å². The first-order valence-electron chi connectivity index (χ1n) is 10.6. The first-order valence-corrected chi connectivity index (χ1v) is 10.6. The highest BCUT2D eigenvalue weighted by Gasteiger charge is 2.49. The van der Waals surface area contributed by atoms with E-state index in [0.29, 0.717) is 29.6 Å². The third kappa shape index (κ3) is 3.21. The number of benzene rings is 2. The van der Waals surface area contributed by atoms with Gasteiger partial charge in [-0.15, -0.1) is 0 Å². The maximum atomic E-state index is 13.4. The maximum Gasteiger partial charge on any atom is 0.227 e. The number of methoxy groups -OCH3 is 3. The van der Waals surface area contributed by atoms with Gasteiger partial charge in [0.05, 0.1) is 27.8 Å². The van der Waals surface area contributed by atoms with E-state index in [1.165, 1.54) is 11.1 Å². The van der Waals surface area contributed by atoms with Crippen LogP contribution in [0.5, 0.6) is 17.2 Å². The second kappa shape index (κ2) is 7.86. The van der Waals surface area contributed by atoms with Crippen LogP contribution >= 0.6 is 0 Å². The van der Waals surface area contributed by atoms with Gasteiger partial charge in [-0.3, -0.25) is 4.79 Å². The monoisotopic (exact) mass is 409 g/mol. The molecule has 1 aliphatic heterocycles. The van der Waals surface area contributed by atoms with Gasteiger partial charge in [0.25, 0.3) is 0 Å². The third-order valence-corrected chi connectivity index (χ3v) is 7.32. The Hall–Kier alpha value is -2.69. The Morgan fingerprint density at radius 2 is 1.77 bits per heavy atom. The Labute approximate surface area is 178 Å². The van der Waals surface area contributed by atoms with Crippen molar-refractivity contribution in [3.63, 3.8) is 0 Å². The molecule has 0 N–H and O–H groups in total. The number of ether oxygens (including phenoxy) is 3. The van der Waals surface area contributed by atoms with Crippen LogP contribution in [0, 0.1) is 5.92 Å². The van der Waals surface area contributed by atoms with Crippen LogP contribution in [0.15, 0.2) is 36.4 Å². The summed E-state index contributed by atoms with van der Waals surface area (Å²) < 4.78 is 16.3. The molecule has 1 amide bonds. The summed E-state index contributed by atoms with van der Waals surface area (Å²) in [5, 5.41) is 0. The lowest BCUT2D eigenvalue weighted by Gasteiger charge is -2.54. The number of carbonyl (C=O) groups is 1. The molecular weight excluding hydrogens is 378 g/mol. The largest absolute Gasteiger partial charge is 0.493 e. The predicted molar refractivity (Wildman–Crippen MR) is 117 cm³/mol. The Kier molecular flexibility index (Phi) is 5.39. The van der Waals surface area contributed by atoms with Crippen LogP contribution in [0.2, 0.25) is 0 Å². The fraction of sp³-hybridized carbons (Fsp3) is 0.480. The first kappa shape index (κ1) is 20.6. The van der Waals surface area contributed by atoms with E-state index in [-0.39, 0.29) is 17.4 Å². The van der Waals surface area contributed by atoms with Crippen molar-refractivity contribution in [1.82, 2.24) is 4.90 Å². The summed E-state index contributed by atoms with van der Waals surface area (Å²) in [5.41, 5.74) is 3.84. The minimum Gasteiger partial charge on any atom is -0.493 e. The second-order valence-corrected chi connectivity index (χ2v) is 8.68. The molecule has 2 aliphatic rings. The molecule has 5 heteroatoms. The topological polar surface area (TPSA) is 48.0 Å². The number of amides is 1. The molecule has 1 saturated heterocycles. The van der Waals surface area contributed by atoms with Crippen molar-refractivity contribution in [2.75, 3.05) is 27.9 Å². The van der Waals surface area contributed by atoms with Crippen molar-refractivity contribution in [3.05, 3.63) is 53.1 Å². The molecule has 1 fully saturated rings. The molecule has 30 heavy (non-hydrogen) atoms. The van der Waals surface area contributed by atoms with Crippen LogP contribution in [-0.4, -0.2) is 44.7 Å². The molecule has 5 nitrogen and oxygen atoms in total. The van der Waals surface area contributed by atoms with Crippen LogP contribution < -0.4 is 14.2 Å². The van der Waals surface area contributed by atoms with Gasteiger partial charge in [0, 0.05) is 12.6 Å². The zero-order chi connectivity index (χ0) is 21.5. The molecule has 2 aromatic carbocycles. The molecule has 1 unspecified atom stereocenters. The van der Waals surface area contributed by atoms with E-state index in [1.807, 2.05) is 12.1 Å². The average molecular weight is 410 g/mol. The van der Waals surface area contributed by atoms with E-state index < -0.39 is 0 Å². The molecule has 0 radical (unpaired) electrons. The fourth-order valence-corrected chi connectivity index (χ4v) is 5.41. The Bertz CT molecular complexity index is 931. The molecule has 3 atom stereocenters. The molecule has 0 spiro atoms. The normalized spacial score (nSPS) is 24.8. The summed E-state index contributed by atoms with van der Waals surface area (Å²) >= 11 is 0. The number of fused-ring (bicyclic) bond motifs is 4. The Morgan fingerprint density at radius 3 is 2.40 bits per heavy atom. The quantitative estimate of drug-likeness (QED) is 0.749. The highest BCUT2D eigenvalue weighted by Crippen LogP contribution is 2.48. The minimum absolute atomic E-state index is 0.128. The van der Waals surface area contributed by atoms with Gasteiger partial charge in [0.15, 0.2) is 11.5 Å². The van der Waals surface area contributed by atoms with Crippen LogP contribution in [0.25, 0.3) is 0 Å². The van der Waals surface area contributed by atoms with E-state index in [0.717, 1.165) is 24.9 Å². The van der Waals surface area contributed by atoms with Crippen molar-refractivity contribution in [1.29, 1.82) is 0 Å². The van der Waals surface area contributed by atoms with Gasteiger partial charge in [-0.05, 0) is 53.0 Å². The van der Waals surface area contributed by atoms with Gasteiger partial charge in [-0.2, -0.15) is 0 Å². The lowest BCUT2D eigenvalue weighted by Crippen LogP contribution is -2.59. The van der Waals surface area contributed by atoms with E-state index in [2.05, 4.69) is 43.0 Å². The van der Waals surface area contributed by atoms with Crippen LogP contribution in [0.1, 0.15) is 37.0 Å². The standard InChI is InChI=1S/C25H31NO4/c1-16-20-15-18-8-6-7-9-19(18)25(16,2)10-11-26(20)23(27)14-17-12-21(28-3)24(30-5)22(13-17)29-4/h6-9,12-13,16,20H,10-11,14-15H2,1-5H3/t16-,20?,25+/m0/s1. The van der Waals surface area contributed by atoms with E-state index in [1.54, 1.807) is 21.3 Å². The van der Waals surface area contributed by atoms with Gasteiger partial charge in [0.1, 0.15) is 0 Å². The van der Waals surface area contributed by atoms with Crippen LogP contribution in [0.4, 0.5) is 0 Å². The van der Waals surface area contributed by atoms with E-state index in [9.17, 15) is 4.79 Å². The van der Waals surface area contributed by atoms with Gasteiger partial charge >= 0.3 is 0 Å². The molecule has 0 saturated carbocycles.